The largest absolute Gasteiger partial charge is 0.323 e. The summed E-state index contributed by atoms with van der Waals surface area (Å²) < 4.78 is 0. The molecule has 1 heterocycles. The van der Waals surface area contributed by atoms with Crippen LogP contribution in [0.4, 0.5) is 0 Å². The summed E-state index contributed by atoms with van der Waals surface area (Å²) in [5.41, 5.74) is 8.62. The van der Waals surface area contributed by atoms with Gasteiger partial charge >= 0.3 is 0 Å². The number of aromatic nitrogens is 2. The van der Waals surface area contributed by atoms with E-state index in [1.165, 1.54) is 11.1 Å². The minimum Gasteiger partial charge on any atom is -0.323 e. The maximum atomic E-state index is 6.18. The number of rotatable bonds is 4. The SMILES string of the molecule is Cc1ccccc1C(N)CSc1ccncn1. The van der Waals surface area contributed by atoms with Crippen LogP contribution < -0.4 is 5.73 Å². The molecular weight excluding hydrogens is 230 g/mol. The molecule has 1 atom stereocenters. The van der Waals surface area contributed by atoms with Crippen LogP contribution in [-0.2, 0) is 0 Å². The van der Waals surface area contributed by atoms with Gasteiger partial charge in [0.05, 0.1) is 5.03 Å². The van der Waals surface area contributed by atoms with Crippen LogP contribution in [0.25, 0.3) is 0 Å². The Kier molecular flexibility index (Phi) is 4.12. The molecule has 0 aliphatic carbocycles. The smallest absolute Gasteiger partial charge is 0.116 e. The summed E-state index contributed by atoms with van der Waals surface area (Å²) in [5, 5.41) is 0.962. The molecule has 2 N–H and O–H groups in total. The van der Waals surface area contributed by atoms with E-state index in [-0.39, 0.29) is 6.04 Å². The first-order valence-electron chi connectivity index (χ1n) is 5.47. The number of nitrogens with zero attached hydrogens (tertiary/aromatic N) is 2. The van der Waals surface area contributed by atoms with Crippen LogP contribution in [0, 0.1) is 6.92 Å². The molecule has 0 radical (unpaired) electrons. The molecule has 4 heteroatoms. The average molecular weight is 245 g/mol. The Hall–Kier alpha value is -1.39. The summed E-state index contributed by atoms with van der Waals surface area (Å²) >= 11 is 1.66. The Morgan fingerprint density at radius 3 is 2.82 bits per heavy atom. The Balaban J connectivity index is 1.99. The van der Waals surface area contributed by atoms with Crippen molar-refractivity contribution in [2.45, 2.75) is 18.0 Å². The number of benzene rings is 1. The van der Waals surface area contributed by atoms with Crippen LogP contribution >= 0.6 is 11.8 Å². The van der Waals surface area contributed by atoms with Gasteiger partial charge in [0.2, 0.25) is 0 Å². The Bertz CT molecular complexity index is 473. The van der Waals surface area contributed by atoms with Crippen molar-refractivity contribution in [3.8, 4) is 0 Å². The zero-order valence-electron chi connectivity index (χ0n) is 9.71. The van der Waals surface area contributed by atoms with E-state index in [0.29, 0.717) is 0 Å². The van der Waals surface area contributed by atoms with Gasteiger partial charge in [0, 0.05) is 18.0 Å². The normalized spacial score (nSPS) is 12.4. The fraction of sp³-hybridized carbons (Fsp3) is 0.231. The molecule has 0 saturated carbocycles. The quantitative estimate of drug-likeness (QED) is 0.664. The molecule has 3 nitrogen and oxygen atoms in total. The van der Waals surface area contributed by atoms with E-state index < -0.39 is 0 Å². The molecule has 1 aromatic carbocycles. The van der Waals surface area contributed by atoms with E-state index in [9.17, 15) is 0 Å². The minimum atomic E-state index is 0.0381. The number of hydrogen-bond donors (Lipinski definition) is 1. The fourth-order valence-electron chi connectivity index (χ4n) is 1.63. The minimum absolute atomic E-state index is 0.0381. The van der Waals surface area contributed by atoms with E-state index >= 15 is 0 Å². The Labute approximate surface area is 105 Å². The van der Waals surface area contributed by atoms with Crippen LogP contribution in [0.2, 0.25) is 0 Å². The van der Waals surface area contributed by atoms with Crippen molar-refractivity contribution in [3.05, 3.63) is 54.0 Å². The molecule has 0 aliphatic rings. The molecule has 0 aliphatic heterocycles. The lowest BCUT2D eigenvalue weighted by Gasteiger charge is -2.13. The van der Waals surface area contributed by atoms with Gasteiger partial charge in [0.25, 0.3) is 0 Å². The molecule has 0 amide bonds. The second kappa shape index (κ2) is 5.80. The predicted octanol–water partition coefficient (Wildman–Crippen LogP) is 2.58. The second-order valence-electron chi connectivity index (χ2n) is 3.82. The molecule has 17 heavy (non-hydrogen) atoms. The number of aryl methyl sites for hydroxylation is 1. The highest BCUT2D eigenvalue weighted by Gasteiger charge is 2.09. The first kappa shape index (κ1) is 12.1. The lowest BCUT2D eigenvalue weighted by Crippen LogP contribution is -2.14. The molecule has 0 fully saturated rings. The predicted molar refractivity (Wildman–Crippen MR) is 70.9 cm³/mol. The van der Waals surface area contributed by atoms with Gasteiger partial charge in [-0.15, -0.1) is 11.8 Å². The van der Waals surface area contributed by atoms with Crippen LogP contribution in [0.15, 0.2) is 47.9 Å². The van der Waals surface area contributed by atoms with Crippen molar-refractivity contribution in [1.82, 2.24) is 9.97 Å². The summed E-state index contributed by atoms with van der Waals surface area (Å²) in [5.74, 6) is 0.821. The van der Waals surface area contributed by atoms with Crippen LogP contribution in [0.3, 0.4) is 0 Å². The molecule has 2 rings (SSSR count). The number of thioether (sulfide) groups is 1. The lowest BCUT2D eigenvalue weighted by atomic mass is 10.0. The molecule has 1 aromatic heterocycles. The molecule has 0 bridgehead atoms. The average Bonchev–Trinajstić information content (AvgIpc) is 2.38. The Morgan fingerprint density at radius 1 is 1.29 bits per heavy atom. The molecule has 0 spiro atoms. The van der Waals surface area contributed by atoms with Crippen LogP contribution in [0.1, 0.15) is 17.2 Å². The van der Waals surface area contributed by atoms with Crippen molar-refractivity contribution in [2.75, 3.05) is 5.75 Å². The van der Waals surface area contributed by atoms with Gasteiger partial charge in [0.1, 0.15) is 6.33 Å². The second-order valence-corrected chi connectivity index (χ2v) is 4.86. The zero-order chi connectivity index (χ0) is 12.1. The van der Waals surface area contributed by atoms with Gasteiger partial charge in [0.15, 0.2) is 0 Å². The van der Waals surface area contributed by atoms with Crippen molar-refractivity contribution >= 4 is 11.8 Å². The fourth-order valence-corrected chi connectivity index (χ4v) is 2.44. The van der Waals surface area contributed by atoms with E-state index in [1.54, 1.807) is 24.3 Å². The summed E-state index contributed by atoms with van der Waals surface area (Å²) in [6.07, 6.45) is 3.30. The number of hydrogen-bond acceptors (Lipinski definition) is 4. The Morgan fingerprint density at radius 2 is 2.12 bits per heavy atom. The van der Waals surface area contributed by atoms with Gasteiger partial charge in [-0.25, -0.2) is 9.97 Å². The lowest BCUT2D eigenvalue weighted by molar-refractivity contribution is 0.821. The molecule has 88 valence electrons. The third-order valence-corrected chi connectivity index (χ3v) is 3.62. The first-order valence-corrected chi connectivity index (χ1v) is 6.46. The maximum absolute atomic E-state index is 6.18. The highest BCUT2D eigenvalue weighted by atomic mass is 32.2. The molecule has 2 aromatic rings. The van der Waals surface area contributed by atoms with Gasteiger partial charge in [-0.05, 0) is 24.1 Å². The third kappa shape index (κ3) is 3.28. The van der Waals surface area contributed by atoms with E-state index in [1.807, 2.05) is 18.2 Å². The van der Waals surface area contributed by atoms with E-state index in [4.69, 9.17) is 5.73 Å². The van der Waals surface area contributed by atoms with E-state index in [2.05, 4.69) is 29.0 Å². The summed E-state index contributed by atoms with van der Waals surface area (Å²) in [4.78, 5) is 8.05. The van der Waals surface area contributed by atoms with E-state index in [0.717, 1.165) is 10.8 Å². The standard InChI is InChI=1S/C13H15N3S/c1-10-4-2-3-5-11(10)12(14)8-17-13-6-7-15-9-16-13/h2-7,9,12H,8,14H2,1H3. The van der Waals surface area contributed by atoms with Crippen LogP contribution in [0.5, 0.6) is 0 Å². The first-order chi connectivity index (χ1) is 8.27. The number of nitrogens with two attached hydrogens (primary N) is 1. The van der Waals surface area contributed by atoms with Crippen molar-refractivity contribution in [1.29, 1.82) is 0 Å². The zero-order valence-corrected chi connectivity index (χ0v) is 10.5. The highest BCUT2D eigenvalue weighted by Crippen LogP contribution is 2.23. The summed E-state index contributed by atoms with van der Waals surface area (Å²) in [6, 6.07) is 10.2. The van der Waals surface area contributed by atoms with Crippen LogP contribution in [-0.4, -0.2) is 15.7 Å². The molecule has 0 saturated heterocycles. The van der Waals surface area contributed by atoms with Crippen molar-refractivity contribution in [3.63, 3.8) is 0 Å². The maximum Gasteiger partial charge on any atom is 0.116 e. The van der Waals surface area contributed by atoms with Gasteiger partial charge in [-0.2, -0.15) is 0 Å². The molecule has 1 unspecified atom stereocenters. The summed E-state index contributed by atoms with van der Waals surface area (Å²) in [7, 11) is 0. The summed E-state index contributed by atoms with van der Waals surface area (Å²) in [6.45, 7) is 2.09. The van der Waals surface area contributed by atoms with Gasteiger partial charge in [-0.1, -0.05) is 24.3 Å². The van der Waals surface area contributed by atoms with Crippen molar-refractivity contribution < 1.29 is 0 Å². The molecular formula is C13H15N3S. The van der Waals surface area contributed by atoms with Gasteiger partial charge in [-0.3, -0.25) is 0 Å². The topological polar surface area (TPSA) is 51.8 Å². The van der Waals surface area contributed by atoms with Gasteiger partial charge < -0.3 is 5.73 Å². The third-order valence-electron chi connectivity index (χ3n) is 2.55. The van der Waals surface area contributed by atoms with Crippen molar-refractivity contribution in [2.24, 2.45) is 5.73 Å². The highest BCUT2D eigenvalue weighted by molar-refractivity contribution is 7.99. The monoisotopic (exact) mass is 245 g/mol.